The number of aromatic nitrogens is 2. The summed E-state index contributed by atoms with van der Waals surface area (Å²) in [6.07, 6.45) is 1.76. The zero-order chi connectivity index (χ0) is 10.5. The molecule has 0 atom stereocenters. The van der Waals surface area contributed by atoms with Gasteiger partial charge in [-0.1, -0.05) is 18.2 Å². The number of halogens is 1. The van der Waals surface area contributed by atoms with Gasteiger partial charge in [0, 0.05) is 11.1 Å². The Bertz CT molecular complexity index is 434. The lowest BCUT2D eigenvalue weighted by Crippen LogP contribution is -1.91. The van der Waals surface area contributed by atoms with E-state index in [1.807, 2.05) is 24.3 Å². The summed E-state index contributed by atoms with van der Waals surface area (Å²) in [4.78, 5) is 9.70. The van der Waals surface area contributed by atoms with Crippen LogP contribution in [0.4, 0.5) is 0 Å². The molecule has 0 aliphatic carbocycles. The molecule has 0 bridgehead atoms. The minimum Gasteiger partial charge on any atom is -0.240 e. The van der Waals surface area contributed by atoms with E-state index in [1.165, 1.54) is 4.90 Å². The highest BCUT2D eigenvalue weighted by atomic mass is 79.9. The summed E-state index contributed by atoms with van der Waals surface area (Å²) in [6, 6.07) is 12.1. The van der Waals surface area contributed by atoms with Crippen LogP contribution in [0.15, 0.2) is 52.1 Å². The number of benzene rings is 1. The van der Waals surface area contributed by atoms with E-state index < -0.39 is 0 Å². The van der Waals surface area contributed by atoms with E-state index in [4.69, 9.17) is 0 Å². The molecule has 2 nitrogen and oxygen atoms in total. The number of thioether (sulfide) groups is 1. The third-order valence-electron chi connectivity index (χ3n) is 1.78. The van der Waals surface area contributed by atoms with Crippen LogP contribution in [0.3, 0.4) is 0 Å². The van der Waals surface area contributed by atoms with Crippen LogP contribution in [0.1, 0.15) is 5.82 Å². The van der Waals surface area contributed by atoms with Crippen molar-refractivity contribution in [1.82, 2.24) is 9.97 Å². The Morgan fingerprint density at radius 2 is 1.93 bits per heavy atom. The largest absolute Gasteiger partial charge is 0.240 e. The van der Waals surface area contributed by atoms with Gasteiger partial charge in [0.25, 0.3) is 0 Å². The highest BCUT2D eigenvalue weighted by molar-refractivity contribution is 9.10. The predicted molar refractivity (Wildman–Crippen MR) is 65.7 cm³/mol. The van der Waals surface area contributed by atoms with Gasteiger partial charge in [0.2, 0.25) is 0 Å². The van der Waals surface area contributed by atoms with Gasteiger partial charge in [-0.25, -0.2) is 9.97 Å². The standard InChI is InChI=1S/C11H9BrN2S/c12-10-6-7-13-11(14-10)8-15-9-4-2-1-3-5-9/h1-7H,8H2. The number of hydrogen-bond donors (Lipinski definition) is 0. The molecule has 15 heavy (non-hydrogen) atoms. The maximum Gasteiger partial charge on any atom is 0.139 e. The third-order valence-corrected chi connectivity index (χ3v) is 3.23. The number of nitrogens with zero attached hydrogens (tertiary/aromatic N) is 2. The van der Waals surface area contributed by atoms with Gasteiger partial charge in [0.15, 0.2) is 0 Å². The Hall–Kier alpha value is -0.870. The van der Waals surface area contributed by atoms with E-state index in [1.54, 1.807) is 18.0 Å². The quantitative estimate of drug-likeness (QED) is 0.635. The summed E-state index contributed by atoms with van der Waals surface area (Å²) < 4.78 is 0.834. The van der Waals surface area contributed by atoms with E-state index >= 15 is 0 Å². The predicted octanol–water partition coefficient (Wildman–Crippen LogP) is 3.53. The molecule has 0 unspecified atom stereocenters. The Morgan fingerprint density at radius 1 is 1.13 bits per heavy atom. The van der Waals surface area contributed by atoms with Gasteiger partial charge in [0.05, 0.1) is 5.75 Å². The fourth-order valence-corrected chi connectivity index (χ4v) is 2.22. The smallest absolute Gasteiger partial charge is 0.139 e. The fraction of sp³-hybridized carbons (Fsp3) is 0.0909. The normalized spacial score (nSPS) is 10.2. The topological polar surface area (TPSA) is 25.8 Å². The van der Waals surface area contributed by atoms with Crippen molar-refractivity contribution in [1.29, 1.82) is 0 Å². The van der Waals surface area contributed by atoms with Crippen molar-refractivity contribution in [3.8, 4) is 0 Å². The first-order valence-corrected chi connectivity index (χ1v) is 6.28. The van der Waals surface area contributed by atoms with Crippen molar-refractivity contribution in [2.24, 2.45) is 0 Å². The van der Waals surface area contributed by atoms with Crippen molar-refractivity contribution >= 4 is 27.7 Å². The molecule has 0 fully saturated rings. The molecule has 1 heterocycles. The molecule has 1 aromatic carbocycles. The summed E-state index contributed by atoms with van der Waals surface area (Å²) in [5.41, 5.74) is 0. The van der Waals surface area contributed by atoms with E-state index in [9.17, 15) is 0 Å². The van der Waals surface area contributed by atoms with E-state index in [-0.39, 0.29) is 0 Å². The summed E-state index contributed by atoms with van der Waals surface area (Å²) in [5, 5.41) is 0. The van der Waals surface area contributed by atoms with Gasteiger partial charge in [0.1, 0.15) is 10.4 Å². The lowest BCUT2D eigenvalue weighted by atomic mass is 10.4. The van der Waals surface area contributed by atoms with Gasteiger partial charge >= 0.3 is 0 Å². The van der Waals surface area contributed by atoms with Crippen molar-refractivity contribution in [2.45, 2.75) is 10.6 Å². The molecule has 2 aromatic rings. The summed E-state index contributed by atoms with van der Waals surface area (Å²) >= 11 is 5.06. The first kappa shape index (κ1) is 10.6. The van der Waals surface area contributed by atoms with Crippen LogP contribution in [0.25, 0.3) is 0 Å². The van der Waals surface area contributed by atoms with Gasteiger partial charge in [-0.3, -0.25) is 0 Å². The van der Waals surface area contributed by atoms with Crippen molar-refractivity contribution < 1.29 is 0 Å². The molecule has 0 amide bonds. The first-order chi connectivity index (χ1) is 7.34. The SMILES string of the molecule is Brc1ccnc(CSc2ccccc2)n1. The lowest BCUT2D eigenvalue weighted by Gasteiger charge is -2.00. The van der Waals surface area contributed by atoms with Crippen LogP contribution < -0.4 is 0 Å². The Balaban J connectivity index is 1.99. The van der Waals surface area contributed by atoms with Crippen LogP contribution in [-0.2, 0) is 5.75 Å². The third kappa shape index (κ3) is 3.32. The number of hydrogen-bond acceptors (Lipinski definition) is 3. The van der Waals surface area contributed by atoms with Crippen LogP contribution in [0, 0.1) is 0 Å². The molecule has 1 aromatic heterocycles. The minimum absolute atomic E-state index is 0.795. The number of rotatable bonds is 3. The summed E-state index contributed by atoms with van der Waals surface area (Å²) in [6.45, 7) is 0. The lowest BCUT2D eigenvalue weighted by molar-refractivity contribution is 1.01. The maximum absolute atomic E-state index is 4.27. The summed E-state index contributed by atoms with van der Waals surface area (Å²) in [5.74, 6) is 1.64. The second kappa shape index (κ2) is 5.28. The Labute approximate surface area is 101 Å². The monoisotopic (exact) mass is 280 g/mol. The average Bonchev–Trinajstić information content (AvgIpc) is 2.28. The van der Waals surface area contributed by atoms with Crippen molar-refractivity contribution in [2.75, 3.05) is 0 Å². The second-order valence-electron chi connectivity index (χ2n) is 2.90. The molecular formula is C11H9BrN2S. The van der Waals surface area contributed by atoms with Crippen LogP contribution in [0.5, 0.6) is 0 Å². The summed E-state index contributed by atoms with van der Waals surface area (Å²) in [7, 11) is 0. The van der Waals surface area contributed by atoms with Crippen LogP contribution >= 0.6 is 27.7 Å². The minimum atomic E-state index is 0.795. The molecule has 0 aliphatic rings. The van der Waals surface area contributed by atoms with Gasteiger partial charge in [-0.05, 0) is 34.1 Å². The molecule has 0 radical (unpaired) electrons. The maximum atomic E-state index is 4.27. The van der Waals surface area contributed by atoms with E-state index in [0.717, 1.165) is 16.2 Å². The average molecular weight is 281 g/mol. The fourth-order valence-electron chi connectivity index (χ4n) is 1.11. The Kier molecular flexibility index (Phi) is 3.75. The molecule has 0 saturated heterocycles. The Morgan fingerprint density at radius 3 is 2.67 bits per heavy atom. The highest BCUT2D eigenvalue weighted by Gasteiger charge is 1.98. The van der Waals surface area contributed by atoms with E-state index in [0.29, 0.717) is 0 Å². The highest BCUT2D eigenvalue weighted by Crippen LogP contribution is 2.20. The van der Waals surface area contributed by atoms with Crippen molar-refractivity contribution in [3.05, 3.63) is 53.0 Å². The van der Waals surface area contributed by atoms with Gasteiger partial charge < -0.3 is 0 Å². The van der Waals surface area contributed by atoms with Gasteiger partial charge in [-0.15, -0.1) is 11.8 Å². The van der Waals surface area contributed by atoms with Crippen LogP contribution in [0.2, 0.25) is 0 Å². The first-order valence-electron chi connectivity index (χ1n) is 4.50. The van der Waals surface area contributed by atoms with Crippen molar-refractivity contribution in [3.63, 3.8) is 0 Å². The molecule has 0 saturated carbocycles. The van der Waals surface area contributed by atoms with Gasteiger partial charge in [-0.2, -0.15) is 0 Å². The van der Waals surface area contributed by atoms with Crippen LogP contribution in [-0.4, -0.2) is 9.97 Å². The molecular weight excluding hydrogens is 272 g/mol. The second-order valence-corrected chi connectivity index (χ2v) is 4.76. The molecule has 0 aliphatic heterocycles. The molecule has 0 spiro atoms. The molecule has 0 N–H and O–H groups in total. The molecule has 2 rings (SSSR count). The van der Waals surface area contributed by atoms with E-state index in [2.05, 4.69) is 38.0 Å². The zero-order valence-electron chi connectivity index (χ0n) is 7.93. The molecule has 76 valence electrons. The zero-order valence-corrected chi connectivity index (χ0v) is 10.3. The molecule has 4 heteroatoms.